The maximum Gasteiger partial charge on any atom is 0.414 e. The van der Waals surface area contributed by atoms with E-state index in [0.29, 0.717) is 0 Å². The second-order valence-corrected chi connectivity index (χ2v) is 4.33. The number of benzene rings is 1. The molecular formula is C15H23NO5. The summed E-state index contributed by atoms with van der Waals surface area (Å²) in [6.45, 7) is 7.80. The lowest BCUT2D eigenvalue weighted by Crippen LogP contribution is -2.16. The number of aliphatic carboxylic acids is 2. The molecule has 0 aliphatic rings. The van der Waals surface area contributed by atoms with Gasteiger partial charge in [-0.25, -0.2) is 9.59 Å². The highest BCUT2D eigenvalue weighted by atomic mass is 16.5. The third kappa shape index (κ3) is 11.6. The highest BCUT2D eigenvalue weighted by Gasteiger charge is 2.04. The fraction of sp³-hybridized carbons (Fsp3) is 0.467. The van der Waals surface area contributed by atoms with Crippen LogP contribution in [0.1, 0.15) is 24.5 Å². The van der Waals surface area contributed by atoms with Gasteiger partial charge in [-0.3, -0.25) is 0 Å². The Bertz CT molecular complexity index is 422. The summed E-state index contributed by atoms with van der Waals surface area (Å²) in [6, 6.07) is 8.60. The van der Waals surface area contributed by atoms with Crippen LogP contribution in [0, 0.1) is 6.92 Å². The van der Waals surface area contributed by atoms with Crippen molar-refractivity contribution >= 4 is 11.9 Å². The summed E-state index contributed by atoms with van der Waals surface area (Å²) in [5.74, 6) is -3.65. The Morgan fingerprint density at radius 3 is 2.43 bits per heavy atom. The van der Waals surface area contributed by atoms with E-state index in [0.717, 1.165) is 32.7 Å². The monoisotopic (exact) mass is 297 g/mol. The van der Waals surface area contributed by atoms with E-state index < -0.39 is 11.9 Å². The molecule has 0 aromatic heterocycles. The molecule has 0 spiro atoms. The number of aryl methyl sites for hydroxylation is 1. The molecule has 0 aliphatic carbocycles. The summed E-state index contributed by atoms with van der Waals surface area (Å²) in [7, 11) is 0. The van der Waals surface area contributed by atoms with Crippen LogP contribution >= 0.6 is 0 Å². The van der Waals surface area contributed by atoms with Crippen LogP contribution in [0.25, 0.3) is 0 Å². The van der Waals surface area contributed by atoms with Gasteiger partial charge in [-0.1, -0.05) is 29.8 Å². The molecule has 0 fully saturated rings. The lowest BCUT2D eigenvalue weighted by Gasteiger charge is -2.05. The van der Waals surface area contributed by atoms with Crippen molar-refractivity contribution in [1.82, 2.24) is 5.32 Å². The molecule has 6 nitrogen and oxygen atoms in total. The van der Waals surface area contributed by atoms with E-state index in [1.54, 1.807) is 0 Å². The van der Waals surface area contributed by atoms with Gasteiger partial charge in [-0.15, -0.1) is 0 Å². The SMILES string of the molecule is CCOCCCNCc1cccc(C)c1.O=C(O)C(=O)O. The molecule has 0 aliphatic heterocycles. The van der Waals surface area contributed by atoms with Crippen molar-refractivity contribution in [2.75, 3.05) is 19.8 Å². The number of hydrogen-bond acceptors (Lipinski definition) is 4. The summed E-state index contributed by atoms with van der Waals surface area (Å²) in [6.07, 6.45) is 1.08. The maximum atomic E-state index is 9.10. The van der Waals surface area contributed by atoms with Gasteiger partial charge in [0, 0.05) is 19.8 Å². The third-order valence-corrected chi connectivity index (χ3v) is 2.44. The molecule has 0 heterocycles. The molecule has 21 heavy (non-hydrogen) atoms. The molecular weight excluding hydrogens is 274 g/mol. The molecule has 0 amide bonds. The first-order valence-corrected chi connectivity index (χ1v) is 6.77. The largest absolute Gasteiger partial charge is 0.473 e. The van der Waals surface area contributed by atoms with E-state index in [-0.39, 0.29) is 0 Å². The van der Waals surface area contributed by atoms with Crippen LogP contribution in [0.2, 0.25) is 0 Å². The lowest BCUT2D eigenvalue weighted by molar-refractivity contribution is -0.159. The maximum absolute atomic E-state index is 9.10. The summed E-state index contributed by atoms with van der Waals surface area (Å²) < 4.78 is 5.26. The molecule has 1 aromatic carbocycles. The zero-order valence-corrected chi connectivity index (χ0v) is 12.5. The normalized spacial score (nSPS) is 9.62. The first-order valence-electron chi connectivity index (χ1n) is 6.77. The predicted molar refractivity (Wildman–Crippen MR) is 79.3 cm³/mol. The average molecular weight is 297 g/mol. The zero-order valence-electron chi connectivity index (χ0n) is 12.5. The Balaban J connectivity index is 0.000000567. The van der Waals surface area contributed by atoms with Gasteiger partial charge in [0.05, 0.1) is 0 Å². The highest BCUT2D eigenvalue weighted by Crippen LogP contribution is 2.02. The van der Waals surface area contributed by atoms with Crippen molar-refractivity contribution in [2.45, 2.75) is 26.8 Å². The van der Waals surface area contributed by atoms with E-state index in [1.165, 1.54) is 11.1 Å². The van der Waals surface area contributed by atoms with E-state index in [2.05, 4.69) is 36.5 Å². The Labute approximate surface area is 124 Å². The first kappa shape index (κ1) is 19.1. The van der Waals surface area contributed by atoms with Crippen molar-refractivity contribution in [3.05, 3.63) is 35.4 Å². The summed E-state index contributed by atoms with van der Waals surface area (Å²) in [5.41, 5.74) is 2.68. The van der Waals surface area contributed by atoms with Crippen LogP contribution in [0.4, 0.5) is 0 Å². The number of carbonyl (C=O) groups is 2. The van der Waals surface area contributed by atoms with Gasteiger partial charge >= 0.3 is 11.9 Å². The summed E-state index contributed by atoms with van der Waals surface area (Å²) in [4.78, 5) is 18.2. The smallest absolute Gasteiger partial charge is 0.414 e. The van der Waals surface area contributed by atoms with E-state index >= 15 is 0 Å². The number of nitrogens with one attached hydrogen (secondary N) is 1. The van der Waals surface area contributed by atoms with Crippen LogP contribution < -0.4 is 5.32 Å². The number of hydrogen-bond donors (Lipinski definition) is 3. The van der Waals surface area contributed by atoms with Crippen LogP contribution in [-0.2, 0) is 20.9 Å². The summed E-state index contributed by atoms with van der Waals surface area (Å²) >= 11 is 0. The topological polar surface area (TPSA) is 95.9 Å². The minimum atomic E-state index is -1.82. The van der Waals surface area contributed by atoms with Crippen LogP contribution in [0.15, 0.2) is 24.3 Å². The fourth-order valence-corrected chi connectivity index (χ4v) is 1.50. The van der Waals surface area contributed by atoms with Gasteiger partial charge in [0.1, 0.15) is 0 Å². The number of carboxylic acids is 2. The van der Waals surface area contributed by atoms with Crippen LogP contribution in [-0.4, -0.2) is 41.9 Å². The van der Waals surface area contributed by atoms with E-state index in [9.17, 15) is 0 Å². The zero-order chi connectivity index (χ0) is 16.1. The van der Waals surface area contributed by atoms with Crippen molar-refractivity contribution in [2.24, 2.45) is 0 Å². The van der Waals surface area contributed by atoms with Crippen LogP contribution in [0.5, 0.6) is 0 Å². The van der Waals surface area contributed by atoms with Crippen LogP contribution in [0.3, 0.4) is 0 Å². The molecule has 118 valence electrons. The van der Waals surface area contributed by atoms with Gasteiger partial charge in [0.25, 0.3) is 0 Å². The first-order chi connectivity index (χ1) is 9.97. The number of ether oxygens (including phenoxy) is 1. The van der Waals surface area contributed by atoms with Gasteiger partial charge in [-0.2, -0.15) is 0 Å². The Kier molecular flexibility index (Phi) is 10.8. The lowest BCUT2D eigenvalue weighted by atomic mass is 10.1. The van der Waals surface area contributed by atoms with Crippen molar-refractivity contribution in [3.8, 4) is 0 Å². The molecule has 6 heteroatoms. The standard InChI is InChI=1S/C13H21NO.C2H2O4/c1-3-15-9-5-8-14-11-13-7-4-6-12(2)10-13;3-1(4)2(5)6/h4,6-7,10,14H,3,5,8-9,11H2,1-2H3;(H,3,4)(H,5,6). The highest BCUT2D eigenvalue weighted by molar-refractivity contribution is 6.27. The van der Waals surface area contributed by atoms with E-state index in [1.807, 2.05) is 6.92 Å². The molecule has 1 rings (SSSR count). The molecule has 0 atom stereocenters. The van der Waals surface area contributed by atoms with Gasteiger partial charge in [-0.05, 0) is 32.4 Å². The minimum absolute atomic E-state index is 0.817. The third-order valence-electron chi connectivity index (χ3n) is 2.44. The van der Waals surface area contributed by atoms with Gasteiger partial charge < -0.3 is 20.3 Å². The van der Waals surface area contributed by atoms with Crippen molar-refractivity contribution in [3.63, 3.8) is 0 Å². The van der Waals surface area contributed by atoms with E-state index in [4.69, 9.17) is 24.5 Å². The molecule has 0 bridgehead atoms. The Morgan fingerprint density at radius 1 is 1.24 bits per heavy atom. The Hall–Kier alpha value is -1.92. The Morgan fingerprint density at radius 2 is 1.90 bits per heavy atom. The number of carboxylic acid groups (broad SMARTS) is 2. The van der Waals surface area contributed by atoms with Crippen molar-refractivity contribution in [1.29, 1.82) is 0 Å². The minimum Gasteiger partial charge on any atom is -0.473 e. The van der Waals surface area contributed by atoms with Gasteiger partial charge in [0.2, 0.25) is 0 Å². The van der Waals surface area contributed by atoms with Crippen molar-refractivity contribution < 1.29 is 24.5 Å². The summed E-state index contributed by atoms with van der Waals surface area (Å²) in [5, 5.41) is 18.2. The second kappa shape index (κ2) is 11.9. The second-order valence-electron chi connectivity index (χ2n) is 4.33. The molecule has 1 aromatic rings. The molecule has 0 saturated carbocycles. The molecule has 0 saturated heterocycles. The average Bonchev–Trinajstić information content (AvgIpc) is 2.43. The molecule has 0 unspecified atom stereocenters. The molecule has 3 N–H and O–H groups in total. The number of rotatable bonds is 7. The predicted octanol–water partition coefficient (Wildman–Crippen LogP) is 1.67. The fourth-order valence-electron chi connectivity index (χ4n) is 1.50. The quantitative estimate of drug-likeness (QED) is 0.523. The van der Waals surface area contributed by atoms with Gasteiger partial charge in [0.15, 0.2) is 0 Å². The molecule has 0 radical (unpaired) electrons.